The van der Waals surface area contributed by atoms with Crippen LogP contribution in [0, 0.1) is 6.92 Å². The summed E-state index contributed by atoms with van der Waals surface area (Å²) in [5.74, 6) is 1.21. The SMILES string of the molecule is CSCCN(C)Cc1cc(CNC(C)C)sc1C. The number of nitrogens with one attached hydrogen (secondary N) is 1. The van der Waals surface area contributed by atoms with E-state index in [4.69, 9.17) is 0 Å². The van der Waals surface area contributed by atoms with Crippen molar-refractivity contribution < 1.29 is 0 Å². The highest BCUT2D eigenvalue weighted by atomic mass is 32.2. The second-order valence-corrected chi connectivity index (χ2v) is 7.39. The van der Waals surface area contributed by atoms with Crippen LogP contribution in [0.2, 0.25) is 0 Å². The zero-order valence-electron chi connectivity index (χ0n) is 12.2. The fourth-order valence-corrected chi connectivity index (χ4v) is 3.25. The van der Waals surface area contributed by atoms with Crippen molar-refractivity contribution in [2.75, 3.05) is 25.6 Å². The molecule has 0 aliphatic carbocycles. The van der Waals surface area contributed by atoms with Crippen molar-refractivity contribution in [2.45, 2.75) is 39.9 Å². The molecule has 1 heterocycles. The Labute approximate surface area is 120 Å². The molecule has 0 saturated carbocycles. The number of thioether (sulfide) groups is 1. The zero-order chi connectivity index (χ0) is 13.5. The highest BCUT2D eigenvalue weighted by Crippen LogP contribution is 2.22. The van der Waals surface area contributed by atoms with Crippen molar-refractivity contribution >= 4 is 23.1 Å². The average molecular weight is 287 g/mol. The summed E-state index contributed by atoms with van der Waals surface area (Å²) in [5, 5.41) is 3.48. The molecule has 0 spiro atoms. The van der Waals surface area contributed by atoms with Crippen molar-refractivity contribution in [1.29, 1.82) is 0 Å². The summed E-state index contributed by atoms with van der Waals surface area (Å²) in [5.41, 5.74) is 1.49. The standard InChI is InChI=1S/C14H26N2S2/c1-11(2)15-9-14-8-13(12(3)18-14)10-16(4)6-7-17-5/h8,11,15H,6-7,9-10H2,1-5H3. The fraction of sp³-hybridized carbons (Fsp3) is 0.714. The summed E-state index contributed by atoms with van der Waals surface area (Å²) in [6, 6.07) is 2.92. The fourth-order valence-electron chi connectivity index (χ4n) is 1.75. The molecule has 0 fully saturated rings. The van der Waals surface area contributed by atoms with Gasteiger partial charge >= 0.3 is 0 Å². The second kappa shape index (κ2) is 8.20. The van der Waals surface area contributed by atoms with E-state index in [1.54, 1.807) is 0 Å². The van der Waals surface area contributed by atoms with E-state index < -0.39 is 0 Å². The molecule has 0 amide bonds. The van der Waals surface area contributed by atoms with E-state index in [1.165, 1.54) is 21.1 Å². The van der Waals surface area contributed by atoms with Crippen molar-refractivity contribution in [2.24, 2.45) is 0 Å². The van der Waals surface area contributed by atoms with E-state index >= 15 is 0 Å². The van der Waals surface area contributed by atoms with Crippen LogP contribution in [-0.4, -0.2) is 36.5 Å². The molecule has 0 aliphatic rings. The Morgan fingerprint density at radius 2 is 2.17 bits per heavy atom. The Kier molecular flexibility index (Phi) is 7.30. The molecule has 0 radical (unpaired) electrons. The molecule has 1 rings (SSSR count). The first kappa shape index (κ1) is 16.0. The summed E-state index contributed by atoms with van der Waals surface area (Å²) >= 11 is 3.84. The topological polar surface area (TPSA) is 15.3 Å². The molecule has 0 aromatic carbocycles. The predicted octanol–water partition coefficient (Wildman–Crippen LogP) is 3.35. The lowest BCUT2D eigenvalue weighted by atomic mass is 10.2. The van der Waals surface area contributed by atoms with Gasteiger partial charge in [0.15, 0.2) is 0 Å². The van der Waals surface area contributed by atoms with Crippen LogP contribution < -0.4 is 5.32 Å². The Hall–Kier alpha value is -0.0300. The van der Waals surface area contributed by atoms with Gasteiger partial charge in [0.1, 0.15) is 0 Å². The molecule has 2 nitrogen and oxygen atoms in total. The first-order chi connectivity index (χ1) is 8.52. The predicted molar refractivity (Wildman–Crippen MR) is 85.7 cm³/mol. The van der Waals surface area contributed by atoms with E-state index in [0.29, 0.717) is 6.04 Å². The molecule has 0 saturated heterocycles. The largest absolute Gasteiger partial charge is 0.310 e. The Bertz CT molecular complexity index is 348. The lowest BCUT2D eigenvalue weighted by Crippen LogP contribution is -2.21. The molecule has 0 aliphatic heterocycles. The lowest BCUT2D eigenvalue weighted by Gasteiger charge is -2.15. The maximum absolute atomic E-state index is 3.48. The van der Waals surface area contributed by atoms with Crippen molar-refractivity contribution in [3.63, 3.8) is 0 Å². The summed E-state index contributed by atoms with van der Waals surface area (Å²) < 4.78 is 0. The zero-order valence-corrected chi connectivity index (χ0v) is 13.9. The molecule has 0 bridgehead atoms. The second-order valence-electron chi connectivity index (χ2n) is 5.06. The molecule has 1 N–H and O–H groups in total. The molecule has 104 valence electrons. The smallest absolute Gasteiger partial charge is 0.0302 e. The minimum atomic E-state index is 0.556. The highest BCUT2D eigenvalue weighted by molar-refractivity contribution is 7.98. The van der Waals surface area contributed by atoms with E-state index in [-0.39, 0.29) is 0 Å². The van der Waals surface area contributed by atoms with E-state index in [2.05, 4.69) is 50.4 Å². The third kappa shape index (κ3) is 5.74. The quantitative estimate of drug-likeness (QED) is 0.789. The van der Waals surface area contributed by atoms with E-state index in [0.717, 1.165) is 19.6 Å². The van der Waals surface area contributed by atoms with Gasteiger partial charge in [0.05, 0.1) is 0 Å². The molecule has 18 heavy (non-hydrogen) atoms. The Morgan fingerprint density at radius 1 is 1.44 bits per heavy atom. The monoisotopic (exact) mass is 286 g/mol. The van der Waals surface area contributed by atoms with Gasteiger partial charge in [-0.1, -0.05) is 13.8 Å². The number of aryl methyl sites for hydroxylation is 1. The average Bonchev–Trinajstić information content (AvgIpc) is 2.65. The Morgan fingerprint density at radius 3 is 2.78 bits per heavy atom. The van der Waals surface area contributed by atoms with Gasteiger partial charge in [-0.2, -0.15) is 11.8 Å². The van der Waals surface area contributed by atoms with Crippen LogP contribution in [0.25, 0.3) is 0 Å². The molecule has 0 atom stereocenters. The Balaban J connectivity index is 2.50. The van der Waals surface area contributed by atoms with E-state index in [1.807, 2.05) is 23.1 Å². The van der Waals surface area contributed by atoms with Gasteiger partial charge in [0.2, 0.25) is 0 Å². The van der Waals surface area contributed by atoms with E-state index in [9.17, 15) is 0 Å². The molecular weight excluding hydrogens is 260 g/mol. The van der Waals surface area contributed by atoms with Gasteiger partial charge in [0.25, 0.3) is 0 Å². The summed E-state index contributed by atoms with van der Waals surface area (Å²) in [7, 11) is 2.21. The molecule has 1 aromatic rings. The highest BCUT2D eigenvalue weighted by Gasteiger charge is 2.08. The maximum atomic E-state index is 3.48. The minimum Gasteiger partial charge on any atom is -0.310 e. The van der Waals surface area contributed by atoms with Gasteiger partial charge in [-0.3, -0.25) is 0 Å². The van der Waals surface area contributed by atoms with Crippen LogP contribution in [0.15, 0.2) is 6.07 Å². The molecule has 0 unspecified atom stereocenters. The van der Waals surface area contributed by atoms with Crippen molar-refractivity contribution in [1.82, 2.24) is 10.2 Å². The van der Waals surface area contributed by atoms with Gasteiger partial charge < -0.3 is 10.2 Å². The van der Waals surface area contributed by atoms with Gasteiger partial charge in [0, 0.05) is 41.2 Å². The van der Waals surface area contributed by atoms with Gasteiger partial charge in [-0.05, 0) is 31.9 Å². The van der Waals surface area contributed by atoms with Crippen LogP contribution >= 0.6 is 23.1 Å². The number of hydrogen-bond donors (Lipinski definition) is 1. The van der Waals surface area contributed by atoms with Crippen molar-refractivity contribution in [3.8, 4) is 0 Å². The lowest BCUT2D eigenvalue weighted by molar-refractivity contribution is 0.348. The van der Waals surface area contributed by atoms with Crippen LogP contribution in [0.4, 0.5) is 0 Å². The first-order valence-corrected chi connectivity index (χ1v) is 8.73. The minimum absolute atomic E-state index is 0.556. The van der Waals surface area contributed by atoms with Crippen LogP contribution in [-0.2, 0) is 13.1 Å². The third-order valence-electron chi connectivity index (χ3n) is 2.87. The number of rotatable bonds is 8. The van der Waals surface area contributed by atoms with Crippen molar-refractivity contribution in [3.05, 3.63) is 21.4 Å². The number of nitrogens with zero attached hydrogens (tertiary/aromatic N) is 1. The summed E-state index contributed by atoms with van der Waals surface area (Å²) in [4.78, 5) is 5.33. The molecule has 1 aromatic heterocycles. The van der Waals surface area contributed by atoms with Crippen LogP contribution in [0.3, 0.4) is 0 Å². The maximum Gasteiger partial charge on any atom is 0.0302 e. The molecule has 4 heteroatoms. The first-order valence-electron chi connectivity index (χ1n) is 6.52. The van der Waals surface area contributed by atoms with Crippen LogP contribution in [0.1, 0.15) is 29.2 Å². The van der Waals surface area contributed by atoms with Gasteiger partial charge in [-0.25, -0.2) is 0 Å². The third-order valence-corrected chi connectivity index (χ3v) is 4.56. The summed E-state index contributed by atoms with van der Waals surface area (Å²) in [6.45, 7) is 9.86. The molecular formula is C14H26N2S2. The number of thiophene rings is 1. The van der Waals surface area contributed by atoms with Crippen LogP contribution in [0.5, 0.6) is 0 Å². The normalized spacial score (nSPS) is 11.7. The summed E-state index contributed by atoms with van der Waals surface area (Å²) in [6.07, 6.45) is 2.17. The number of hydrogen-bond acceptors (Lipinski definition) is 4. The van der Waals surface area contributed by atoms with Gasteiger partial charge in [-0.15, -0.1) is 11.3 Å².